The molecule has 2 aliphatic rings. The number of benzene rings is 8. The summed E-state index contributed by atoms with van der Waals surface area (Å²) in [6.45, 7) is 0.111. The molecule has 0 aliphatic carbocycles. The number of nitrogens with zero attached hydrogens (tertiary/aromatic N) is 2. The maximum atomic E-state index is 2.61. The minimum atomic E-state index is 0.111. The number of hydrogen-bond donors (Lipinski definition) is 0. The molecule has 0 saturated heterocycles. The van der Waals surface area contributed by atoms with Crippen LogP contribution in [0.5, 0.6) is 0 Å². The lowest BCUT2D eigenvalue weighted by atomic mass is 9.33. The van der Waals surface area contributed by atoms with Crippen molar-refractivity contribution < 1.29 is 0 Å². The molecule has 0 bridgehead atoms. The predicted molar refractivity (Wildman–Crippen MR) is 192 cm³/mol. The number of hydrogen-bond acceptors (Lipinski definition) is 0. The Bertz CT molecular complexity index is 2990. The molecule has 2 aromatic heterocycles. The lowest BCUT2D eigenvalue weighted by Crippen LogP contribution is -2.59. The molecule has 2 nitrogen and oxygen atoms in total. The maximum Gasteiger partial charge on any atom is 0.253 e. The first-order valence-corrected chi connectivity index (χ1v) is 15.8. The highest BCUT2D eigenvalue weighted by molar-refractivity contribution is 7.02. The van der Waals surface area contributed by atoms with E-state index in [1.165, 1.54) is 104 Å². The Morgan fingerprint density at radius 2 is 1.02 bits per heavy atom. The molecule has 0 unspecified atom stereocenters. The molecular formula is C42H23BN2. The molecule has 204 valence electrons. The van der Waals surface area contributed by atoms with Crippen molar-refractivity contribution in [2.75, 3.05) is 0 Å². The van der Waals surface area contributed by atoms with E-state index in [1.54, 1.807) is 0 Å². The molecule has 45 heavy (non-hydrogen) atoms. The van der Waals surface area contributed by atoms with Gasteiger partial charge in [-0.05, 0) is 73.7 Å². The molecule has 0 spiro atoms. The summed E-state index contributed by atoms with van der Waals surface area (Å²) in [7, 11) is 0. The normalized spacial score (nSPS) is 13.3. The smallest absolute Gasteiger partial charge is 0.253 e. The summed E-state index contributed by atoms with van der Waals surface area (Å²) in [6, 6.07) is 52.5. The van der Waals surface area contributed by atoms with Crippen LogP contribution >= 0.6 is 0 Å². The second kappa shape index (κ2) is 7.64. The zero-order valence-corrected chi connectivity index (χ0v) is 24.3. The Morgan fingerprint density at radius 3 is 1.87 bits per heavy atom. The van der Waals surface area contributed by atoms with Crippen molar-refractivity contribution in [2.45, 2.75) is 0 Å². The van der Waals surface area contributed by atoms with Gasteiger partial charge in [-0.1, -0.05) is 109 Å². The Hall–Kier alpha value is -5.80. The molecule has 0 amide bonds. The maximum absolute atomic E-state index is 2.61. The Kier molecular flexibility index (Phi) is 3.85. The van der Waals surface area contributed by atoms with Crippen LogP contribution in [0.4, 0.5) is 0 Å². The van der Waals surface area contributed by atoms with E-state index >= 15 is 0 Å². The van der Waals surface area contributed by atoms with Crippen molar-refractivity contribution in [2.24, 2.45) is 0 Å². The van der Waals surface area contributed by atoms with Crippen LogP contribution < -0.4 is 16.4 Å². The average Bonchev–Trinajstić information content (AvgIpc) is 3.60. The van der Waals surface area contributed by atoms with Crippen molar-refractivity contribution in [3.8, 4) is 11.4 Å². The third-order valence-electron chi connectivity index (χ3n) is 10.8. The molecule has 10 aromatic rings. The number of fused-ring (bicyclic) bond motifs is 15. The van der Waals surface area contributed by atoms with Gasteiger partial charge in [0.25, 0.3) is 6.71 Å². The third-order valence-corrected chi connectivity index (χ3v) is 10.8. The summed E-state index contributed by atoms with van der Waals surface area (Å²) < 4.78 is 5.20. The van der Waals surface area contributed by atoms with E-state index in [4.69, 9.17) is 0 Å². The van der Waals surface area contributed by atoms with Crippen molar-refractivity contribution in [1.29, 1.82) is 0 Å². The van der Waals surface area contributed by atoms with Crippen LogP contribution in [0.3, 0.4) is 0 Å². The Labute approximate surface area is 258 Å². The van der Waals surface area contributed by atoms with Crippen LogP contribution in [0, 0.1) is 0 Å². The van der Waals surface area contributed by atoms with E-state index in [2.05, 4.69) is 149 Å². The Balaban J connectivity index is 1.41. The highest BCUT2D eigenvalue weighted by atomic mass is 15.0. The van der Waals surface area contributed by atoms with Crippen molar-refractivity contribution in [3.63, 3.8) is 0 Å². The van der Waals surface area contributed by atoms with Gasteiger partial charge in [0.1, 0.15) is 0 Å². The lowest BCUT2D eigenvalue weighted by molar-refractivity contribution is 1.16. The zero-order valence-electron chi connectivity index (χ0n) is 24.3. The zero-order chi connectivity index (χ0) is 29.0. The van der Waals surface area contributed by atoms with E-state index in [1.807, 2.05) is 0 Å². The highest BCUT2D eigenvalue weighted by Crippen LogP contribution is 2.43. The largest absolute Gasteiger partial charge is 0.310 e. The summed E-state index contributed by atoms with van der Waals surface area (Å²) >= 11 is 0. The second-order valence-corrected chi connectivity index (χ2v) is 12.9. The lowest BCUT2D eigenvalue weighted by Gasteiger charge is -2.35. The summed E-state index contributed by atoms with van der Waals surface area (Å²) in [6.07, 6.45) is 0. The molecule has 0 N–H and O–H groups in total. The first-order valence-electron chi connectivity index (χ1n) is 15.8. The van der Waals surface area contributed by atoms with Gasteiger partial charge in [0.05, 0.1) is 16.7 Å². The summed E-state index contributed by atoms with van der Waals surface area (Å²) in [5.74, 6) is 0. The fraction of sp³-hybridized carbons (Fsp3) is 0. The summed E-state index contributed by atoms with van der Waals surface area (Å²) in [5.41, 5.74) is 12.1. The monoisotopic (exact) mass is 566 g/mol. The number of para-hydroxylation sites is 2. The van der Waals surface area contributed by atoms with Crippen LogP contribution in [0.25, 0.3) is 87.3 Å². The Morgan fingerprint density at radius 1 is 0.378 bits per heavy atom. The van der Waals surface area contributed by atoms with Crippen LogP contribution in [-0.2, 0) is 0 Å². The minimum Gasteiger partial charge on any atom is -0.310 e. The molecule has 8 aromatic carbocycles. The van der Waals surface area contributed by atoms with Crippen molar-refractivity contribution in [1.82, 2.24) is 9.13 Å². The molecule has 0 radical (unpaired) electrons. The minimum absolute atomic E-state index is 0.111. The van der Waals surface area contributed by atoms with Crippen LogP contribution in [0.1, 0.15) is 0 Å². The van der Waals surface area contributed by atoms with Gasteiger partial charge < -0.3 is 9.13 Å². The predicted octanol–water partition coefficient (Wildman–Crippen LogP) is 8.48. The molecular weight excluding hydrogens is 543 g/mol. The topological polar surface area (TPSA) is 9.86 Å². The van der Waals surface area contributed by atoms with Gasteiger partial charge in [-0.2, -0.15) is 0 Å². The molecule has 2 aliphatic heterocycles. The molecule has 0 atom stereocenters. The molecule has 0 fully saturated rings. The highest BCUT2D eigenvalue weighted by Gasteiger charge is 2.42. The van der Waals surface area contributed by atoms with Gasteiger partial charge in [0.2, 0.25) is 0 Å². The van der Waals surface area contributed by atoms with Gasteiger partial charge in [-0.25, -0.2) is 0 Å². The number of aromatic nitrogens is 2. The first-order chi connectivity index (χ1) is 22.3. The first kappa shape index (κ1) is 22.7. The van der Waals surface area contributed by atoms with E-state index in [-0.39, 0.29) is 6.71 Å². The second-order valence-electron chi connectivity index (χ2n) is 12.9. The summed E-state index contributed by atoms with van der Waals surface area (Å²) in [5, 5.41) is 13.1. The molecule has 12 rings (SSSR count). The molecule has 4 heterocycles. The van der Waals surface area contributed by atoms with Crippen molar-refractivity contribution >= 4 is 99.0 Å². The average molecular weight is 566 g/mol. The summed E-state index contributed by atoms with van der Waals surface area (Å²) in [4.78, 5) is 0. The third kappa shape index (κ3) is 2.55. The molecule has 3 heteroatoms. The molecule has 0 saturated carbocycles. The van der Waals surface area contributed by atoms with Crippen LogP contribution in [-0.4, -0.2) is 15.8 Å². The number of rotatable bonds is 0. The fourth-order valence-corrected chi connectivity index (χ4v) is 9.11. The standard InChI is InChI=1S/C42H23BN2/c1-2-11-25-22-36-32(20-24(25)10-1)31-17-9-18-34-40(31)45(36)41-29-15-6-4-13-27(29)23-37-39(41)43(34)38-28-14-5-3-12-26(28)21-33-30-16-7-8-19-35(30)44(37)42(33)38/h1-23H. The van der Waals surface area contributed by atoms with Crippen LogP contribution in [0.15, 0.2) is 140 Å². The van der Waals surface area contributed by atoms with Gasteiger partial charge in [0.15, 0.2) is 0 Å². The van der Waals surface area contributed by atoms with Crippen LogP contribution in [0.2, 0.25) is 0 Å². The van der Waals surface area contributed by atoms with Gasteiger partial charge in [-0.3, -0.25) is 0 Å². The van der Waals surface area contributed by atoms with E-state index in [0.717, 1.165) is 0 Å². The SMILES string of the molecule is c1ccc2cc3c(cc2c1)c1cccc2c1n3-c1c3c(cc4ccccc14)-n1c4ccccc4c4cc5ccccc5c(c41)B32. The van der Waals surface area contributed by atoms with Gasteiger partial charge >= 0.3 is 0 Å². The van der Waals surface area contributed by atoms with E-state index in [0.29, 0.717) is 0 Å². The van der Waals surface area contributed by atoms with Gasteiger partial charge in [-0.15, -0.1) is 0 Å². The quantitative estimate of drug-likeness (QED) is 0.163. The van der Waals surface area contributed by atoms with Gasteiger partial charge in [0, 0.05) is 43.7 Å². The fourth-order valence-electron chi connectivity index (χ4n) is 9.11. The van der Waals surface area contributed by atoms with E-state index in [9.17, 15) is 0 Å². The van der Waals surface area contributed by atoms with E-state index < -0.39 is 0 Å². The van der Waals surface area contributed by atoms with Crippen molar-refractivity contribution in [3.05, 3.63) is 140 Å².